The second kappa shape index (κ2) is 2.86. The summed E-state index contributed by atoms with van der Waals surface area (Å²) in [5.74, 6) is 0. The molecule has 0 N–H and O–H groups in total. The Morgan fingerprint density at radius 1 is 1.22 bits per heavy atom. The summed E-state index contributed by atoms with van der Waals surface area (Å²) in [6.45, 7) is 4.29. The molecule has 0 radical (unpaired) electrons. The molecule has 0 spiro atoms. The molecule has 1 heterocycles. The number of halogens is 1. The maximum Gasteiger partial charge on any atom is 0.147 e. The lowest BCUT2D eigenvalue weighted by Crippen LogP contribution is -2.39. The number of rotatable bonds is 0. The lowest BCUT2D eigenvalue weighted by molar-refractivity contribution is -0.161. The normalized spacial score (nSPS) is 45.0. The Bertz CT molecular complexity index is 87.1. The number of alkyl halides is 1. The Kier molecular flexibility index (Phi) is 2.33. The molecule has 3 heteroatoms. The molecule has 1 aliphatic rings. The SMILES string of the molecule is C[C@@H]1OCO[C@H](C)C1Cl. The van der Waals surface area contributed by atoms with Gasteiger partial charge in [-0.1, -0.05) is 0 Å². The number of ether oxygens (including phenoxy) is 2. The largest absolute Gasteiger partial charge is 0.351 e. The van der Waals surface area contributed by atoms with E-state index in [0.717, 1.165) is 0 Å². The van der Waals surface area contributed by atoms with Crippen LogP contribution in [0, 0.1) is 0 Å². The van der Waals surface area contributed by atoms with Gasteiger partial charge in [0, 0.05) is 0 Å². The van der Waals surface area contributed by atoms with E-state index in [1.807, 2.05) is 13.8 Å². The number of hydrogen-bond acceptors (Lipinski definition) is 2. The molecule has 0 aromatic carbocycles. The van der Waals surface area contributed by atoms with Crippen LogP contribution in [0.2, 0.25) is 0 Å². The summed E-state index contributed by atoms with van der Waals surface area (Å²) < 4.78 is 10.2. The first-order valence-electron chi connectivity index (χ1n) is 3.09. The molecule has 0 aromatic rings. The fraction of sp³-hybridized carbons (Fsp3) is 1.00. The average Bonchev–Trinajstić information content (AvgIpc) is 1.83. The molecule has 1 unspecified atom stereocenters. The Morgan fingerprint density at radius 2 is 1.67 bits per heavy atom. The van der Waals surface area contributed by atoms with Crippen LogP contribution in [0.15, 0.2) is 0 Å². The zero-order valence-corrected chi connectivity index (χ0v) is 6.39. The lowest BCUT2D eigenvalue weighted by Gasteiger charge is -2.29. The Hall–Kier alpha value is 0.210. The van der Waals surface area contributed by atoms with Crippen molar-refractivity contribution in [1.82, 2.24) is 0 Å². The minimum atomic E-state index is -0.00116. The van der Waals surface area contributed by atoms with E-state index in [2.05, 4.69) is 0 Å². The highest BCUT2D eigenvalue weighted by molar-refractivity contribution is 6.21. The predicted octanol–water partition coefficient (Wildman–Crippen LogP) is 1.38. The lowest BCUT2D eigenvalue weighted by atomic mass is 10.2. The third kappa shape index (κ3) is 1.57. The summed E-state index contributed by atoms with van der Waals surface area (Å²) in [4.78, 5) is 0. The second-order valence-electron chi connectivity index (χ2n) is 2.31. The highest BCUT2D eigenvalue weighted by Gasteiger charge is 2.26. The maximum absolute atomic E-state index is 5.87. The van der Waals surface area contributed by atoms with E-state index in [1.54, 1.807) is 0 Å². The smallest absolute Gasteiger partial charge is 0.147 e. The fourth-order valence-electron chi connectivity index (χ4n) is 0.819. The van der Waals surface area contributed by atoms with Crippen LogP contribution < -0.4 is 0 Å². The van der Waals surface area contributed by atoms with Crippen LogP contribution in [0.5, 0.6) is 0 Å². The van der Waals surface area contributed by atoms with Gasteiger partial charge in [-0.15, -0.1) is 11.6 Å². The van der Waals surface area contributed by atoms with E-state index in [0.29, 0.717) is 6.79 Å². The summed E-state index contributed by atoms with van der Waals surface area (Å²) in [6.07, 6.45) is 0.242. The maximum atomic E-state index is 5.87. The van der Waals surface area contributed by atoms with Crippen LogP contribution in [-0.2, 0) is 9.47 Å². The monoisotopic (exact) mass is 150 g/mol. The van der Waals surface area contributed by atoms with E-state index in [-0.39, 0.29) is 17.6 Å². The molecule has 0 saturated carbocycles. The summed E-state index contributed by atoms with van der Waals surface area (Å²) in [7, 11) is 0. The van der Waals surface area contributed by atoms with Gasteiger partial charge in [0.05, 0.1) is 17.6 Å². The van der Waals surface area contributed by atoms with Crippen LogP contribution in [0.3, 0.4) is 0 Å². The molecule has 2 nitrogen and oxygen atoms in total. The van der Waals surface area contributed by atoms with Crippen molar-refractivity contribution in [3.63, 3.8) is 0 Å². The van der Waals surface area contributed by atoms with E-state index >= 15 is 0 Å². The van der Waals surface area contributed by atoms with Gasteiger partial charge in [0.25, 0.3) is 0 Å². The third-order valence-electron chi connectivity index (χ3n) is 1.56. The minimum absolute atomic E-state index is 0.00116. The first-order valence-corrected chi connectivity index (χ1v) is 3.52. The van der Waals surface area contributed by atoms with Crippen molar-refractivity contribution in [3.8, 4) is 0 Å². The topological polar surface area (TPSA) is 18.5 Å². The molecule has 0 amide bonds. The quantitative estimate of drug-likeness (QED) is 0.486. The molecular formula is C6H11ClO2. The molecule has 1 saturated heterocycles. The van der Waals surface area contributed by atoms with Crippen LogP contribution in [-0.4, -0.2) is 24.4 Å². The van der Waals surface area contributed by atoms with Crippen molar-refractivity contribution in [2.45, 2.75) is 31.4 Å². The molecule has 0 bridgehead atoms. The first-order chi connectivity index (χ1) is 4.22. The molecule has 1 aliphatic heterocycles. The summed E-state index contributed by atoms with van der Waals surface area (Å²) >= 11 is 5.87. The highest BCUT2D eigenvalue weighted by Crippen LogP contribution is 2.18. The van der Waals surface area contributed by atoms with Gasteiger partial charge >= 0.3 is 0 Å². The van der Waals surface area contributed by atoms with E-state index in [1.165, 1.54) is 0 Å². The molecule has 0 aromatic heterocycles. The molecule has 1 fully saturated rings. The molecule has 9 heavy (non-hydrogen) atoms. The first kappa shape index (κ1) is 7.32. The highest BCUT2D eigenvalue weighted by atomic mass is 35.5. The predicted molar refractivity (Wildman–Crippen MR) is 35.6 cm³/mol. The van der Waals surface area contributed by atoms with Gasteiger partial charge in [-0.05, 0) is 13.8 Å². The van der Waals surface area contributed by atoms with Crippen molar-refractivity contribution in [2.75, 3.05) is 6.79 Å². The Morgan fingerprint density at radius 3 is 2.00 bits per heavy atom. The fourth-order valence-corrected chi connectivity index (χ4v) is 0.965. The average molecular weight is 151 g/mol. The van der Waals surface area contributed by atoms with Gasteiger partial charge in [0.2, 0.25) is 0 Å². The van der Waals surface area contributed by atoms with E-state index in [9.17, 15) is 0 Å². The summed E-state index contributed by atoms with van der Waals surface area (Å²) in [5, 5.41) is -0.00116. The summed E-state index contributed by atoms with van der Waals surface area (Å²) in [6, 6.07) is 0. The van der Waals surface area contributed by atoms with Gasteiger partial charge in [-0.2, -0.15) is 0 Å². The Balaban J connectivity index is 2.41. The van der Waals surface area contributed by atoms with Crippen molar-refractivity contribution in [1.29, 1.82) is 0 Å². The minimum Gasteiger partial charge on any atom is -0.351 e. The molecule has 0 aliphatic carbocycles. The molecule has 54 valence electrons. The third-order valence-corrected chi connectivity index (χ3v) is 2.27. The van der Waals surface area contributed by atoms with Crippen molar-refractivity contribution >= 4 is 11.6 Å². The zero-order valence-electron chi connectivity index (χ0n) is 5.63. The van der Waals surface area contributed by atoms with Crippen LogP contribution >= 0.6 is 11.6 Å². The number of hydrogen-bond donors (Lipinski definition) is 0. The van der Waals surface area contributed by atoms with Gasteiger partial charge in [-0.25, -0.2) is 0 Å². The van der Waals surface area contributed by atoms with E-state index < -0.39 is 0 Å². The zero-order chi connectivity index (χ0) is 6.85. The molecule has 3 atom stereocenters. The standard InChI is InChI=1S/C6H11ClO2/c1-4-6(7)5(2)9-3-8-4/h4-6H,3H2,1-2H3/t4-,5+,6?. The van der Waals surface area contributed by atoms with Crippen molar-refractivity contribution in [3.05, 3.63) is 0 Å². The molecule has 1 rings (SSSR count). The van der Waals surface area contributed by atoms with Crippen molar-refractivity contribution in [2.24, 2.45) is 0 Å². The summed E-state index contributed by atoms with van der Waals surface area (Å²) in [5.41, 5.74) is 0. The van der Waals surface area contributed by atoms with Gasteiger partial charge < -0.3 is 9.47 Å². The van der Waals surface area contributed by atoms with Crippen LogP contribution in [0.25, 0.3) is 0 Å². The van der Waals surface area contributed by atoms with Gasteiger partial charge in [0.15, 0.2) is 0 Å². The van der Waals surface area contributed by atoms with Crippen LogP contribution in [0.1, 0.15) is 13.8 Å². The second-order valence-corrected chi connectivity index (χ2v) is 2.81. The Labute approximate surface area is 60.1 Å². The van der Waals surface area contributed by atoms with Crippen LogP contribution in [0.4, 0.5) is 0 Å². The van der Waals surface area contributed by atoms with E-state index in [4.69, 9.17) is 21.1 Å². The van der Waals surface area contributed by atoms with Gasteiger partial charge in [0.1, 0.15) is 6.79 Å². The van der Waals surface area contributed by atoms with Crippen molar-refractivity contribution < 1.29 is 9.47 Å². The van der Waals surface area contributed by atoms with Gasteiger partial charge in [-0.3, -0.25) is 0 Å². The molecular weight excluding hydrogens is 140 g/mol.